The van der Waals surface area contributed by atoms with E-state index >= 15 is 0 Å². The summed E-state index contributed by atoms with van der Waals surface area (Å²) in [5.74, 6) is 0.351. The number of hydrogen-bond donors (Lipinski definition) is 2. The number of carbonyl (C=O) groups is 1. The van der Waals surface area contributed by atoms with Gasteiger partial charge in [-0.1, -0.05) is 5.16 Å². The molecule has 1 aromatic carbocycles. The lowest BCUT2D eigenvalue weighted by Crippen LogP contribution is -2.11. The summed E-state index contributed by atoms with van der Waals surface area (Å²) in [7, 11) is 0. The third-order valence-electron chi connectivity index (χ3n) is 2.64. The summed E-state index contributed by atoms with van der Waals surface area (Å²) in [6, 6.07) is 6.62. The molecule has 0 spiro atoms. The van der Waals surface area contributed by atoms with Gasteiger partial charge in [0.15, 0.2) is 0 Å². The lowest BCUT2D eigenvalue weighted by atomic mass is 10.2. The lowest BCUT2D eigenvalue weighted by molar-refractivity contribution is 0.0988. The van der Waals surface area contributed by atoms with Crippen LogP contribution in [0.2, 0.25) is 0 Å². The number of aliphatic hydroxyl groups is 1. The van der Waals surface area contributed by atoms with Gasteiger partial charge in [0.25, 0.3) is 5.91 Å². The van der Waals surface area contributed by atoms with Crippen LogP contribution in [0.5, 0.6) is 5.75 Å². The molecule has 106 valence electrons. The maximum Gasteiger partial charge on any atom is 0.294 e. The van der Waals surface area contributed by atoms with Crippen molar-refractivity contribution < 1.29 is 19.2 Å². The molecular formula is C14H16N2O4. The minimum absolute atomic E-state index is 0.141. The first kappa shape index (κ1) is 14.1. The number of anilines is 1. The topological polar surface area (TPSA) is 84.6 Å². The first-order valence-electron chi connectivity index (χ1n) is 6.25. The summed E-state index contributed by atoms with van der Waals surface area (Å²) in [5, 5.41) is 15.6. The standard InChI is InChI=1S/C14H16N2O4/c1-3-19-12-5-4-11(7-10(12)8-17)15-14(18)13-6-9(2)16-20-13/h4-7,17H,3,8H2,1-2H3,(H,15,18). The van der Waals surface area contributed by atoms with E-state index in [1.165, 1.54) is 0 Å². The fourth-order valence-corrected chi connectivity index (χ4v) is 1.74. The number of ether oxygens (including phenoxy) is 1. The highest BCUT2D eigenvalue weighted by Crippen LogP contribution is 2.23. The van der Waals surface area contributed by atoms with Gasteiger partial charge in [0.05, 0.1) is 18.9 Å². The maximum absolute atomic E-state index is 11.9. The van der Waals surface area contributed by atoms with Crippen molar-refractivity contribution in [3.8, 4) is 5.75 Å². The van der Waals surface area contributed by atoms with E-state index in [0.717, 1.165) is 0 Å². The molecule has 0 bridgehead atoms. The van der Waals surface area contributed by atoms with Crippen LogP contribution < -0.4 is 10.1 Å². The van der Waals surface area contributed by atoms with E-state index < -0.39 is 5.91 Å². The summed E-state index contributed by atoms with van der Waals surface area (Å²) in [6.07, 6.45) is 0. The number of aryl methyl sites for hydroxylation is 1. The molecule has 0 aliphatic carbocycles. The van der Waals surface area contributed by atoms with E-state index in [9.17, 15) is 9.90 Å². The van der Waals surface area contributed by atoms with E-state index in [1.54, 1.807) is 31.2 Å². The Morgan fingerprint density at radius 3 is 2.85 bits per heavy atom. The van der Waals surface area contributed by atoms with Crippen molar-refractivity contribution in [3.05, 3.63) is 41.3 Å². The second-order valence-electron chi connectivity index (χ2n) is 4.20. The van der Waals surface area contributed by atoms with Crippen molar-refractivity contribution in [1.29, 1.82) is 0 Å². The zero-order valence-corrected chi connectivity index (χ0v) is 11.3. The predicted molar refractivity (Wildman–Crippen MR) is 72.7 cm³/mol. The van der Waals surface area contributed by atoms with Gasteiger partial charge in [-0.2, -0.15) is 0 Å². The summed E-state index contributed by atoms with van der Waals surface area (Å²) < 4.78 is 10.3. The molecule has 0 aliphatic rings. The molecule has 0 aliphatic heterocycles. The lowest BCUT2D eigenvalue weighted by Gasteiger charge is -2.10. The first-order chi connectivity index (χ1) is 9.63. The van der Waals surface area contributed by atoms with E-state index in [4.69, 9.17) is 9.26 Å². The highest BCUT2D eigenvalue weighted by atomic mass is 16.5. The second kappa shape index (κ2) is 6.21. The van der Waals surface area contributed by atoms with Crippen LogP contribution in [0.3, 0.4) is 0 Å². The van der Waals surface area contributed by atoms with E-state index in [2.05, 4.69) is 10.5 Å². The number of nitrogens with zero attached hydrogens (tertiary/aromatic N) is 1. The molecule has 1 aromatic heterocycles. The summed E-state index contributed by atoms with van der Waals surface area (Å²) in [6.45, 7) is 3.95. The average molecular weight is 276 g/mol. The van der Waals surface area contributed by atoms with Crippen LogP contribution in [-0.4, -0.2) is 22.8 Å². The van der Waals surface area contributed by atoms with Gasteiger partial charge in [-0.05, 0) is 32.0 Å². The SMILES string of the molecule is CCOc1ccc(NC(=O)c2cc(C)no2)cc1CO. The van der Waals surface area contributed by atoms with E-state index in [1.807, 2.05) is 6.92 Å². The van der Waals surface area contributed by atoms with Crippen molar-refractivity contribution in [3.63, 3.8) is 0 Å². The number of aliphatic hydroxyl groups excluding tert-OH is 1. The molecule has 2 rings (SSSR count). The fourth-order valence-electron chi connectivity index (χ4n) is 1.74. The van der Waals surface area contributed by atoms with Crippen molar-refractivity contribution >= 4 is 11.6 Å². The monoisotopic (exact) mass is 276 g/mol. The van der Waals surface area contributed by atoms with Crippen LogP contribution in [-0.2, 0) is 6.61 Å². The molecule has 2 N–H and O–H groups in total. The largest absolute Gasteiger partial charge is 0.494 e. The van der Waals surface area contributed by atoms with E-state index in [0.29, 0.717) is 29.3 Å². The van der Waals surface area contributed by atoms with Gasteiger partial charge in [0.2, 0.25) is 5.76 Å². The van der Waals surface area contributed by atoms with Gasteiger partial charge in [0, 0.05) is 17.3 Å². The average Bonchev–Trinajstić information content (AvgIpc) is 2.87. The number of nitrogens with one attached hydrogen (secondary N) is 1. The molecule has 6 heteroatoms. The Morgan fingerprint density at radius 1 is 1.45 bits per heavy atom. The van der Waals surface area contributed by atoms with Crippen LogP contribution in [0, 0.1) is 6.92 Å². The molecule has 0 unspecified atom stereocenters. The van der Waals surface area contributed by atoms with Crippen LogP contribution in [0.1, 0.15) is 28.7 Å². The third-order valence-corrected chi connectivity index (χ3v) is 2.64. The maximum atomic E-state index is 11.9. The number of rotatable bonds is 5. The number of hydrogen-bond acceptors (Lipinski definition) is 5. The first-order valence-corrected chi connectivity index (χ1v) is 6.25. The Bertz CT molecular complexity index is 607. The number of aromatic nitrogens is 1. The third kappa shape index (κ3) is 3.16. The van der Waals surface area contributed by atoms with Crippen LogP contribution in [0.4, 0.5) is 5.69 Å². The van der Waals surface area contributed by atoms with Crippen molar-refractivity contribution in [2.24, 2.45) is 0 Å². The van der Waals surface area contributed by atoms with Gasteiger partial charge in [0.1, 0.15) is 5.75 Å². The van der Waals surface area contributed by atoms with Crippen LogP contribution in [0.25, 0.3) is 0 Å². The van der Waals surface area contributed by atoms with Crippen molar-refractivity contribution in [2.45, 2.75) is 20.5 Å². The summed E-state index contributed by atoms with van der Waals surface area (Å²) in [4.78, 5) is 11.9. The Kier molecular flexibility index (Phi) is 4.37. The molecule has 0 radical (unpaired) electrons. The Labute approximate surface area is 116 Å². The fraction of sp³-hybridized carbons (Fsp3) is 0.286. The zero-order valence-electron chi connectivity index (χ0n) is 11.3. The van der Waals surface area contributed by atoms with Gasteiger partial charge >= 0.3 is 0 Å². The molecular weight excluding hydrogens is 260 g/mol. The number of amides is 1. The van der Waals surface area contributed by atoms with Crippen molar-refractivity contribution in [1.82, 2.24) is 5.16 Å². The highest BCUT2D eigenvalue weighted by molar-refractivity contribution is 6.02. The molecule has 0 saturated carbocycles. The molecule has 2 aromatic rings. The molecule has 1 amide bonds. The van der Waals surface area contributed by atoms with Gasteiger partial charge < -0.3 is 19.7 Å². The van der Waals surface area contributed by atoms with E-state index in [-0.39, 0.29) is 12.4 Å². The van der Waals surface area contributed by atoms with Crippen LogP contribution in [0.15, 0.2) is 28.8 Å². The second-order valence-corrected chi connectivity index (χ2v) is 4.20. The van der Waals surface area contributed by atoms with Gasteiger partial charge in [-0.15, -0.1) is 0 Å². The molecule has 20 heavy (non-hydrogen) atoms. The van der Waals surface area contributed by atoms with Crippen molar-refractivity contribution in [2.75, 3.05) is 11.9 Å². The Balaban J connectivity index is 2.15. The molecule has 6 nitrogen and oxygen atoms in total. The predicted octanol–water partition coefficient (Wildman–Crippen LogP) is 2.13. The Morgan fingerprint density at radius 2 is 2.25 bits per heavy atom. The molecule has 0 fully saturated rings. The zero-order chi connectivity index (χ0) is 14.5. The normalized spacial score (nSPS) is 10.3. The number of carbonyl (C=O) groups excluding carboxylic acids is 1. The van der Waals surface area contributed by atoms with Gasteiger partial charge in [-0.3, -0.25) is 4.79 Å². The highest BCUT2D eigenvalue weighted by Gasteiger charge is 2.13. The molecule has 0 atom stereocenters. The summed E-state index contributed by atoms with van der Waals surface area (Å²) >= 11 is 0. The van der Waals surface area contributed by atoms with Crippen LogP contribution >= 0.6 is 0 Å². The molecule has 1 heterocycles. The quantitative estimate of drug-likeness (QED) is 0.873. The summed E-state index contributed by atoms with van der Waals surface area (Å²) in [5.41, 5.74) is 1.80. The minimum Gasteiger partial charge on any atom is -0.494 e. The Hall–Kier alpha value is -2.34. The number of benzene rings is 1. The smallest absolute Gasteiger partial charge is 0.294 e. The minimum atomic E-state index is -0.390. The van der Waals surface area contributed by atoms with Gasteiger partial charge in [-0.25, -0.2) is 0 Å². The molecule has 0 saturated heterocycles.